The minimum absolute atomic E-state index is 0.0907. The quantitative estimate of drug-likeness (QED) is 0.825. The molecule has 18 heavy (non-hydrogen) atoms. The molecule has 0 saturated carbocycles. The second-order valence-corrected chi connectivity index (χ2v) is 3.74. The van der Waals surface area contributed by atoms with Gasteiger partial charge in [0.15, 0.2) is 0 Å². The molecule has 0 aliphatic carbocycles. The highest BCUT2D eigenvalue weighted by atomic mass is 16.5. The van der Waals surface area contributed by atoms with Crippen molar-refractivity contribution in [2.45, 2.75) is 12.0 Å². The molecule has 0 spiro atoms. The number of hydrogen-bond donors (Lipinski definition) is 1. The third-order valence-corrected chi connectivity index (χ3v) is 2.64. The molecule has 1 aromatic rings. The Morgan fingerprint density at radius 1 is 1.28 bits per heavy atom. The van der Waals surface area contributed by atoms with Crippen LogP contribution in [0.15, 0.2) is 18.2 Å². The number of nitriles is 1. The highest BCUT2D eigenvalue weighted by molar-refractivity contribution is 5.45. The Morgan fingerprint density at radius 2 is 2.00 bits per heavy atom. The Kier molecular flexibility index (Phi) is 5.43. The SMILES string of the molecule is COCC(O)C(C#N)c1ccc(OC)cc1OC. The second-order valence-electron chi connectivity index (χ2n) is 3.74. The Balaban J connectivity index is 3.09. The number of aliphatic hydroxyl groups is 1. The largest absolute Gasteiger partial charge is 0.497 e. The lowest BCUT2D eigenvalue weighted by Gasteiger charge is -2.19. The summed E-state index contributed by atoms with van der Waals surface area (Å²) in [6.45, 7) is 0.0907. The van der Waals surface area contributed by atoms with Crippen molar-refractivity contribution in [3.05, 3.63) is 23.8 Å². The van der Waals surface area contributed by atoms with Crippen LogP contribution in [0.1, 0.15) is 11.5 Å². The molecule has 0 aliphatic heterocycles. The van der Waals surface area contributed by atoms with Gasteiger partial charge in [0.2, 0.25) is 0 Å². The highest BCUT2D eigenvalue weighted by Crippen LogP contribution is 2.32. The highest BCUT2D eigenvalue weighted by Gasteiger charge is 2.24. The van der Waals surface area contributed by atoms with Crippen molar-refractivity contribution >= 4 is 0 Å². The number of hydrogen-bond acceptors (Lipinski definition) is 5. The van der Waals surface area contributed by atoms with Gasteiger partial charge >= 0.3 is 0 Å². The molecule has 0 heterocycles. The van der Waals surface area contributed by atoms with E-state index in [4.69, 9.17) is 14.2 Å². The fourth-order valence-corrected chi connectivity index (χ4v) is 1.71. The van der Waals surface area contributed by atoms with Crippen molar-refractivity contribution < 1.29 is 19.3 Å². The standard InChI is InChI=1S/C13H17NO4/c1-16-8-12(15)11(7-14)10-5-4-9(17-2)6-13(10)18-3/h4-6,11-12,15H,8H2,1-3H3. The Bertz CT molecular complexity index is 427. The lowest BCUT2D eigenvalue weighted by Crippen LogP contribution is -2.23. The van der Waals surface area contributed by atoms with E-state index in [0.29, 0.717) is 17.1 Å². The molecule has 1 aromatic carbocycles. The average Bonchev–Trinajstić information content (AvgIpc) is 2.40. The number of rotatable bonds is 6. The van der Waals surface area contributed by atoms with Crippen molar-refractivity contribution in [1.82, 2.24) is 0 Å². The molecule has 5 heteroatoms. The summed E-state index contributed by atoms with van der Waals surface area (Å²) in [6.07, 6.45) is -0.901. The molecule has 0 amide bonds. The molecule has 1 rings (SSSR count). The van der Waals surface area contributed by atoms with E-state index in [1.807, 2.05) is 0 Å². The molecule has 2 atom stereocenters. The van der Waals surface area contributed by atoms with E-state index in [2.05, 4.69) is 6.07 Å². The lowest BCUT2D eigenvalue weighted by atomic mass is 9.94. The summed E-state index contributed by atoms with van der Waals surface area (Å²) in [7, 11) is 4.54. The summed E-state index contributed by atoms with van der Waals surface area (Å²) in [5.41, 5.74) is 0.616. The monoisotopic (exact) mass is 251 g/mol. The lowest BCUT2D eigenvalue weighted by molar-refractivity contribution is 0.0567. The summed E-state index contributed by atoms with van der Waals surface area (Å²) in [6, 6.07) is 7.18. The minimum Gasteiger partial charge on any atom is -0.497 e. The van der Waals surface area contributed by atoms with Crippen molar-refractivity contribution in [1.29, 1.82) is 5.26 Å². The minimum atomic E-state index is -0.901. The van der Waals surface area contributed by atoms with Crippen molar-refractivity contribution in [2.24, 2.45) is 0 Å². The molecule has 0 bridgehead atoms. The van der Waals surface area contributed by atoms with Gasteiger partial charge in [0.1, 0.15) is 17.4 Å². The van der Waals surface area contributed by atoms with Gasteiger partial charge in [-0.25, -0.2) is 0 Å². The summed E-state index contributed by atoms with van der Waals surface area (Å²) in [5, 5.41) is 19.0. The molecular weight excluding hydrogens is 234 g/mol. The smallest absolute Gasteiger partial charge is 0.127 e. The number of benzene rings is 1. The fourth-order valence-electron chi connectivity index (χ4n) is 1.71. The summed E-state index contributed by atoms with van der Waals surface area (Å²) in [5.74, 6) is 0.440. The third kappa shape index (κ3) is 3.13. The number of aliphatic hydroxyl groups excluding tert-OH is 1. The molecule has 2 unspecified atom stereocenters. The van der Waals surface area contributed by atoms with Gasteiger partial charge in [-0.15, -0.1) is 0 Å². The van der Waals surface area contributed by atoms with Gasteiger partial charge in [-0.3, -0.25) is 0 Å². The zero-order valence-corrected chi connectivity index (χ0v) is 10.7. The maximum atomic E-state index is 9.87. The summed E-state index contributed by atoms with van der Waals surface area (Å²) < 4.78 is 15.2. The van der Waals surface area contributed by atoms with Crippen LogP contribution in [0.4, 0.5) is 0 Å². The van der Waals surface area contributed by atoms with E-state index in [1.54, 1.807) is 25.3 Å². The second kappa shape index (κ2) is 6.84. The first kappa shape index (κ1) is 14.3. The van der Waals surface area contributed by atoms with Crippen LogP contribution in [0.2, 0.25) is 0 Å². The van der Waals surface area contributed by atoms with E-state index < -0.39 is 12.0 Å². The van der Waals surface area contributed by atoms with Crippen molar-refractivity contribution in [2.75, 3.05) is 27.9 Å². The number of methoxy groups -OCH3 is 3. The van der Waals surface area contributed by atoms with E-state index in [0.717, 1.165) is 0 Å². The topological polar surface area (TPSA) is 71.7 Å². The van der Waals surface area contributed by atoms with Crippen molar-refractivity contribution in [3.8, 4) is 17.6 Å². The third-order valence-electron chi connectivity index (χ3n) is 2.64. The van der Waals surface area contributed by atoms with E-state index >= 15 is 0 Å². The number of ether oxygens (including phenoxy) is 3. The Labute approximate surface area is 107 Å². The summed E-state index contributed by atoms with van der Waals surface area (Å²) in [4.78, 5) is 0. The molecular formula is C13H17NO4. The van der Waals surface area contributed by atoms with E-state index in [-0.39, 0.29) is 6.61 Å². The van der Waals surface area contributed by atoms with Crippen LogP contribution in [0.25, 0.3) is 0 Å². The van der Waals surface area contributed by atoms with Gasteiger partial charge in [-0.2, -0.15) is 5.26 Å². The Hall–Kier alpha value is -1.77. The first-order valence-corrected chi connectivity index (χ1v) is 5.46. The molecule has 1 N–H and O–H groups in total. The molecule has 0 aromatic heterocycles. The molecule has 0 fully saturated rings. The zero-order valence-electron chi connectivity index (χ0n) is 10.7. The maximum absolute atomic E-state index is 9.87. The van der Waals surface area contributed by atoms with Crippen LogP contribution in [0, 0.1) is 11.3 Å². The molecule has 5 nitrogen and oxygen atoms in total. The van der Waals surface area contributed by atoms with Crippen molar-refractivity contribution in [3.63, 3.8) is 0 Å². The van der Waals surface area contributed by atoms with Gasteiger partial charge in [0.05, 0.1) is 33.0 Å². The van der Waals surface area contributed by atoms with E-state index in [9.17, 15) is 10.4 Å². The van der Waals surface area contributed by atoms with Gasteiger partial charge in [-0.1, -0.05) is 6.07 Å². The summed E-state index contributed by atoms with van der Waals surface area (Å²) >= 11 is 0. The van der Waals surface area contributed by atoms with Gasteiger partial charge in [0.25, 0.3) is 0 Å². The normalized spacial score (nSPS) is 13.5. The maximum Gasteiger partial charge on any atom is 0.127 e. The zero-order chi connectivity index (χ0) is 13.5. The molecule has 0 radical (unpaired) electrons. The molecule has 98 valence electrons. The van der Waals surface area contributed by atoms with Crippen LogP contribution in [-0.2, 0) is 4.74 Å². The average molecular weight is 251 g/mol. The predicted octanol–water partition coefficient (Wildman–Crippen LogP) is 1.32. The Morgan fingerprint density at radius 3 is 2.50 bits per heavy atom. The van der Waals surface area contributed by atoms with Gasteiger partial charge < -0.3 is 19.3 Å². The molecule has 0 saturated heterocycles. The van der Waals surface area contributed by atoms with E-state index in [1.165, 1.54) is 14.2 Å². The first-order chi connectivity index (χ1) is 8.67. The van der Waals surface area contributed by atoms with Gasteiger partial charge in [-0.05, 0) is 6.07 Å². The van der Waals surface area contributed by atoms with Crippen LogP contribution in [-0.4, -0.2) is 39.1 Å². The van der Waals surface area contributed by atoms with Crippen LogP contribution in [0.5, 0.6) is 11.5 Å². The van der Waals surface area contributed by atoms with Crippen LogP contribution >= 0.6 is 0 Å². The first-order valence-electron chi connectivity index (χ1n) is 5.46. The predicted molar refractivity (Wildman–Crippen MR) is 65.8 cm³/mol. The van der Waals surface area contributed by atoms with Crippen LogP contribution < -0.4 is 9.47 Å². The van der Waals surface area contributed by atoms with Gasteiger partial charge in [0, 0.05) is 18.7 Å². The number of nitrogens with zero attached hydrogens (tertiary/aromatic N) is 1. The van der Waals surface area contributed by atoms with Crippen LogP contribution in [0.3, 0.4) is 0 Å². The fraction of sp³-hybridized carbons (Fsp3) is 0.462. The molecule has 0 aliphatic rings.